The number of hydrogen-bond donors (Lipinski definition) is 11. The Labute approximate surface area is 613 Å². The molecule has 2 aromatic rings. The minimum absolute atomic E-state index is 0. The average Bonchev–Trinajstić information content (AvgIpc) is 1.63. The Morgan fingerprint density at radius 1 is 0.802 bits per heavy atom. The zero-order chi connectivity index (χ0) is 74.3. The minimum atomic E-state index is -4.63. The first-order valence-electron chi connectivity index (χ1n) is 32.8. The Hall–Kier alpha value is -6.89. The molecule has 2 saturated heterocycles. The first-order chi connectivity index (χ1) is 47.0. The molecule has 0 saturated carbocycles. The number of carboxylic acid groups (broad SMARTS) is 1. The van der Waals surface area contributed by atoms with E-state index in [1.165, 1.54) is 26.4 Å². The van der Waals surface area contributed by atoms with Crippen LogP contribution in [-0.4, -0.2) is 223 Å². The smallest absolute Gasteiger partial charge is 0.748 e. The number of carbonyl (C=O) groups excluding carboxylic acids is 10. The Kier molecular flexibility index (Phi) is 35.0. The summed E-state index contributed by atoms with van der Waals surface area (Å²) in [5, 5.41) is 58.9. The number of nitrogens with zero attached hydrogens (tertiary/aromatic N) is 1. The molecule has 101 heavy (non-hydrogen) atoms. The number of hydrogen-bond acceptors (Lipinski definition) is 23. The van der Waals surface area contributed by atoms with Crippen molar-refractivity contribution in [3.8, 4) is 5.75 Å². The zero-order valence-corrected chi connectivity index (χ0v) is 61.9. The first-order valence-corrected chi connectivity index (χ1v) is 34.8. The van der Waals surface area contributed by atoms with E-state index in [0.29, 0.717) is 22.4 Å². The number of carbonyl (C=O) groups is 11. The second-order valence-electron chi connectivity index (χ2n) is 26.1. The topological polar surface area (TPSA) is 472 Å². The normalized spacial score (nSPS) is 23.7. The molecule has 3 heterocycles. The van der Waals surface area contributed by atoms with E-state index in [-0.39, 0.29) is 98.9 Å². The van der Waals surface area contributed by atoms with Crippen molar-refractivity contribution in [2.24, 2.45) is 23.2 Å². The number of methoxy groups -OCH3 is 2. The zero-order valence-electron chi connectivity index (χ0n) is 58.4. The number of aliphatic hydroxyl groups is 3. The van der Waals surface area contributed by atoms with E-state index in [9.17, 15) is 86.1 Å². The molecule has 0 aromatic heterocycles. The van der Waals surface area contributed by atoms with E-state index in [1.807, 2.05) is 13.8 Å². The maximum absolute atomic E-state index is 14.2. The number of cyclic esters (lactones) is 2. The Morgan fingerprint density at radius 3 is 2.09 bits per heavy atom. The van der Waals surface area contributed by atoms with Crippen LogP contribution in [0.25, 0.3) is 0 Å². The van der Waals surface area contributed by atoms with E-state index in [1.54, 1.807) is 77.1 Å². The fourth-order valence-electron chi connectivity index (χ4n) is 10.7. The summed E-state index contributed by atoms with van der Waals surface area (Å²) in [6, 6.07) is 7.94. The predicted molar refractivity (Wildman–Crippen MR) is 353 cm³/mol. The van der Waals surface area contributed by atoms with Crippen LogP contribution >= 0.6 is 11.6 Å². The number of esters is 2. The largest absolute Gasteiger partial charge is 1.00 e. The molecule has 5 rings (SSSR count). The van der Waals surface area contributed by atoms with E-state index in [0.717, 1.165) is 4.90 Å². The van der Waals surface area contributed by atoms with Gasteiger partial charge in [-0.05, 0) is 73.4 Å². The van der Waals surface area contributed by atoms with Gasteiger partial charge >= 0.3 is 47.5 Å². The third-order valence-corrected chi connectivity index (χ3v) is 17.8. The fourth-order valence-corrected chi connectivity index (χ4v) is 11.4. The quantitative estimate of drug-likeness (QED) is 0.0146. The average molecular weight is 1470 g/mol. The molecule has 0 bridgehead atoms. The number of nitrogens with one attached hydrogen (secondary N) is 7. The number of benzene rings is 2. The van der Waals surface area contributed by atoms with Gasteiger partial charge in [-0.15, -0.1) is 0 Å². The van der Waals surface area contributed by atoms with Crippen LogP contribution in [0.2, 0.25) is 5.02 Å². The maximum Gasteiger partial charge on any atom is 1.00 e. The molecule has 0 aliphatic carbocycles. The Morgan fingerprint density at radius 2 is 1.47 bits per heavy atom. The van der Waals surface area contributed by atoms with Crippen LogP contribution < -0.4 is 71.5 Å². The van der Waals surface area contributed by atoms with Crippen molar-refractivity contribution in [2.45, 2.75) is 186 Å². The summed E-state index contributed by atoms with van der Waals surface area (Å²) in [7, 11) is -1.97. The van der Waals surface area contributed by atoms with Crippen LogP contribution in [0.5, 0.6) is 5.75 Å². The molecule has 32 nitrogen and oxygen atoms in total. The molecule has 2 aromatic carbocycles. The van der Waals surface area contributed by atoms with E-state index < -0.39 is 210 Å². The molecule has 556 valence electrons. The molecule has 13 atom stereocenters. The molecule has 0 unspecified atom stereocenters. The Bertz CT molecular complexity index is 3350. The standard InChI is InChI=1S/C66H95ClN8O24S.Na/c1-35(2)29-46-63(89)96-44(11-10-12-50(78)72-43(31-39-15-19-45(94-8)41(67)30-39)61(87)71-34-66(6,7)65(90)98-46)37(5)58-59(99-58)40-16-13-38(14-17-40)32-70-60(86)42(18-20-49(77)69-33-47-55(83)56(84)57(85)64(95-9)97-47)73-62(88)54(36(3)4)74-51(79)23-26-75(27-24-53(81)82)52(80)22-21-48(76)68-25-28-100(91,92)93;/h10,12-17,19,30,35-37,42-44,46-47,54-59,64,83-85H,11,18,20-29,31-34H2,1-9H3,(H,68,76)(H,69,77)(H,70,86)(H,71,87)(H,72,78)(H,73,88)(H,74,79)(H,81,82)(H,91,92,93);/q;+1/p-1/b12-10+;/t37-,42-,43+,44-,46-,47+,54-,55+,56-,57+,58+,59+,64+;/m0./s1. The number of epoxide rings is 1. The van der Waals surface area contributed by atoms with Crippen LogP contribution in [0.4, 0.5) is 0 Å². The Balaban J connectivity index is 0.0000216. The van der Waals surface area contributed by atoms with Crippen molar-refractivity contribution < 1.29 is 144 Å². The summed E-state index contributed by atoms with van der Waals surface area (Å²) in [6.45, 7) is 9.81. The van der Waals surface area contributed by atoms with Gasteiger partial charge in [0.15, 0.2) is 12.4 Å². The molecule has 11 N–H and O–H groups in total. The van der Waals surface area contributed by atoms with Crippen molar-refractivity contribution in [2.75, 3.05) is 52.7 Å². The van der Waals surface area contributed by atoms with Crippen molar-refractivity contribution in [3.63, 3.8) is 0 Å². The van der Waals surface area contributed by atoms with Gasteiger partial charge in [0, 0.05) is 90.8 Å². The molecule has 8 amide bonds. The van der Waals surface area contributed by atoms with Crippen molar-refractivity contribution in [3.05, 3.63) is 76.3 Å². The summed E-state index contributed by atoms with van der Waals surface area (Å²) in [6.07, 6.45) is -10.7. The van der Waals surface area contributed by atoms with Gasteiger partial charge in [-0.3, -0.25) is 47.9 Å². The number of halogens is 1. The monoisotopic (exact) mass is 1470 g/mol. The van der Waals surface area contributed by atoms with E-state index in [2.05, 4.69) is 37.2 Å². The third-order valence-electron chi connectivity index (χ3n) is 16.8. The SMILES string of the molecule is COc1ccc(C[C@H]2NC(=O)/C=C/C[C@@H]([C@H](C)[C@H]3O[C@@H]3c3ccc(CNC(=O)[C@H](CCC(=O)NC[C@H]4O[C@@H](OC)[C@H](O)[C@@H](O)[C@@H]4O)NC(=O)[C@@H](NC(=O)CCN(CCC(=O)O)C(=O)CCC(=O)NCCS(=O)(=O)[O-])C(C)C)cc3)OC(=O)[C@H](CC(C)C)OC(=O)C(C)(C)CNC2=O)cc1Cl.[Na+]. The molecule has 35 heteroatoms. The van der Waals surface area contributed by atoms with Crippen LogP contribution in [0, 0.1) is 23.2 Å². The van der Waals surface area contributed by atoms with Gasteiger partial charge < -0.3 is 95.5 Å². The van der Waals surface area contributed by atoms with Crippen LogP contribution in [0.3, 0.4) is 0 Å². The summed E-state index contributed by atoms with van der Waals surface area (Å²) >= 11 is 6.39. The molecule has 0 radical (unpaired) electrons. The summed E-state index contributed by atoms with van der Waals surface area (Å²) in [5.41, 5.74) is 0.518. The van der Waals surface area contributed by atoms with Gasteiger partial charge in [0.1, 0.15) is 60.5 Å². The van der Waals surface area contributed by atoms with Gasteiger partial charge in [0.2, 0.25) is 47.3 Å². The molecular weight excluding hydrogens is 1380 g/mol. The number of ether oxygens (including phenoxy) is 6. The van der Waals surface area contributed by atoms with Crippen molar-refractivity contribution in [1.29, 1.82) is 0 Å². The van der Waals surface area contributed by atoms with E-state index in [4.69, 9.17) is 40.0 Å². The second kappa shape index (κ2) is 40.8. The molecule has 0 spiro atoms. The van der Waals surface area contributed by atoms with Gasteiger partial charge in [0.05, 0.1) is 45.9 Å². The molecule has 2 fully saturated rings. The second-order valence-corrected chi connectivity index (χ2v) is 28.1. The van der Waals surface area contributed by atoms with Gasteiger partial charge in [-0.25, -0.2) is 13.2 Å². The van der Waals surface area contributed by atoms with Crippen LogP contribution in [0.1, 0.15) is 123 Å². The summed E-state index contributed by atoms with van der Waals surface area (Å²) < 4.78 is 66.7. The number of rotatable bonds is 33. The first kappa shape index (κ1) is 86.5. The van der Waals surface area contributed by atoms with Gasteiger partial charge in [-0.2, -0.15) is 0 Å². The number of amides is 8. The van der Waals surface area contributed by atoms with Crippen molar-refractivity contribution >= 4 is 86.9 Å². The maximum atomic E-state index is 14.2. The molecular formula is C66H94ClN8NaO24S. The molecule has 3 aliphatic heterocycles. The fraction of sp³-hybridized carbons (Fsp3) is 0.621. The third kappa shape index (κ3) is 28.4. The number of carboxylic acids is 1. The van der Waals surface area contributed by atoms with Gasteiger partial charge in [0.25, 0.3) is 0 Å². The van der Waals surface area contributed by atoms with Gasteiger partial charge in [-0.1, -0.05) is 82.6 Å². The number of aliphatic carboxylic acids is 1. The predicted octanol–water partition coefficient (Wildman–Crippen LogP) is -3.14. The number of aliphatic hydroxyl groups excluding tert-OH is 3. The molecule has 3 aliphatic rings. The van der Waals surface area contributed by atoms with Crippen molar-refractivity contribution in [1.82, 2.24) is 42.1 Å². The van der Waals surface area contributed by atoms with E-state index >= 15 is 0 Å². The summed E-state index contributed by atoms with van der Waals surface area (Å²) in [5.74, 6) is -10.5. The van der Waals surface area contributed by atoms with Crippen LogP contribution in [0.15, 0.2) is 54.6 Å². The summed E-state index contributed by atoms with van der Waals surface area (Å²) in [4.78, 5) is 148. The minimum Gasteiger partial charge on any atom is -0.748 e. The van der Waals surface area contributed by atoms with Crippen LogP contribution in [-0.2, 0) is 99.5 Å².